The van der Waals surface area contributed by atoms with Crippen LogP contribution in [0.3, 0.4) is 0 Å². The molecule has 3 atom stereocenters. The molecule has 2 heterocycles. The van der Waals surface area contributed by atoms with Crippen molar-refractivity contribution in [2.24, 2.45) is 11.8 Å². The second-order valence-corrected chi connectivity index (χ2v) is 8.77. The summed E-state index contributed by atoms with van der Waals surface area (Å²) in [6.45, 7) is 8.83. The van der Waals surface area contributed by atoms with Gasteiger partial charge in [-0.15, -0.1) is 0 Å². The van der Waals surface area contributed by atoms with Gasteiger partial charge in [-0.25, -0.2) is 13.1 Å². The lowest BCUT2D eigenvalue weighted by Crippen LogP contribution is -2.43. The van der Waals surface area contributed by atoms with E-state index in [4.69, 9.17) is 4.74 Å². The Morgan fingerprint density at radius 3 is 2.57 bits per heavy atom. The number of sulfonamides is 1. The lowest BCUT2D eigenvalue weighted by atomic mass is 9.92. The molecule has 0 aromatic rings. The number of hydrogen-bond acceptors (Lipinski definition) is 4. The molecule has 2 aliphatic rings. The predicted molar refractivity (Wildman–Crippen MR) is 84.8 cm³/mol. The second kappa shape index (κ2) is 7.90. The highest BCUT2D eigenvalue weighted by Gasteiger charge is 2.22. The molecule has 0 saturated carbocycles. The van der Waals surface area contributed by atoms with Crippen molar-refractivity contribution in [2.75, 3.05) is 38.5 Å². The predicted octanol–water partition coefficient (Wildman–Crippen LogP) is 1.45. The standard InChI is InChI=1S/C15H30N2O3S/c1-13-10-14(2)12-17(11-13)7-6-16-21(18,19)9-5-15-4-3-8-20-15/h13-16H,3-12H2,1-2H3. The molecule has 0 radical (unpaired) electrons. The third-order valence-electron chi connectivity index (χ3n) is 4.43. The van der Waals surface area contributed by atoms with Gasteiger partial charge < -0.3 is 9.64 Å². The number of piperidine rings is 1. The van der Waals surface area contributed by atoms with E-state index >= 15 is 0 Å². The van der Waals surface area contributed by atoms with Crippen LogP contribution in [0.4, 0.5) is 0 Å². The summed E-state index contributed by atoms with van der Waals surface area (Å²) in [4.78, 5) is 2.38. The zero-order valence-electron chi connectivity index (χ0n) is 13.4. The molecular formula is C15H30N2O3S. The van der Waals surface area contributed by atoms with Crippen molar-refractivity contribution in [3.05, 3.63) is 0 Å². The first kappa shape index (κ1) is 17.2. The van der Waals surface area contributed by atoms with Gasteiger partial charge in [-0.3, -0.25) is 0 Å². The summed E-state index contributed by atoms with van der Waals surface area (Å²) in [5.74, 6) is 1.61. The minimum absolute atomic E-state index is 0.144. The zero-order valence-corrected chi connectivity index (χ0v) is 14.2. The quantitative estimate of drug-likeness (QED) is 0.772. The van der Waals surface area contributed by atoms with E-state index in [9.17, 15) is 8.42 Å². The smallest absolute Gasteiger partial charge is 0.211 e. The van der Waals surface area contributed by atoms with Crippen molar-refractivity contribution in [1.82, 2.24) is 9.62 Å². The molecule has 2 rings (SSSR count). The van der Waals surface area contributed by atoms with Gasteiger partial charge in [0.25, 0.3) is 0 Å². The van der Waals surface area contributed by atoms with Gasteiger partial charge in [0, 0.05) is 32.8 Å². The maximum Gasteiger partial charge on any atom is 0.211 e. The molecule has 21 heavy (non-hydrogen) atoms. The Balaban J connectivity index is 1.64. The van der Waals surface area contributed by atoms with Crippen LogP contribution in [-0.2, 0) is 14.8 Å². The van der Waals surface area contributed by atoms with Crippen molar-refractivity contribution in [2.45, 2.75) is 45.6 Å². The van der Waals surface area contributed by atoms with Crippen LogP contribution in [-0.4, -0.2) is 58.0 Å². The molecule has 3 unspecified atom stereocenters. The van der Waals surface area contributed by atoms with Crippen molar-refractivity contribution < 1.29 is 13.2 Å². The van der Waals surface area contributed by atoms with Crippen LogP contribution in [0, 0.1) is 11.8 Å². The first-order valence-corrected chi connectivity index (χ1v) is 9.91. The van der Waals surface area contributed by atoms with Crippen LogP contribution in [0.15, 0.2) is 0 Å². The third kappa shape index (κ3) is 6.22. The Morgan fingerprint density at radius 2 is 1.95 bits per heavy atom. The van der Waals surface area contributed by atoms with Gasteiger partial charge in [-0.1, -0.05) is 13.8 Å². The van der Waals surface area contributed by atoms with Crippen molar-refractivity contribution in [1.29, 1.82) is 0 Å². The molecule has 0 bridgehead atoms. The summed E-state index contributed by atoms with van der Waals surface area (Å²) in [6.07, 6.45) is 4.10. The third-order valence-corrected chi connectivity index (χ3v) is 5.84. The highest BCUT2D eigenvalue weighted by molar-refractivity contribution is 7.89. The molecule has 1 N–H and O–H groups in total. The fourth-order valence-corrected chi connectivity index (χ4v) is 4.68. The highest BCUT2D eigenvalue weighted by atomic mass is 32.2. The maximum atomic E-state index is 12.0. The molecule has 0 aliphatic carbocycles. The molecule has 0 aromatic carbocycles. The van der Waals surface area contributed by atoms with E-state index in [0.717, 1.165) is 39.1 Å². The molecule has 2 saturated heterocycles. The molecule has 6 heteroatoms. The Bertz CT molecular complexity index is 397. The van der Waals surface area contributed by atoms with Gasteiger partial charge in [-0.2, -0.15) is 0 Å². The van der Waals surface area contributed by atoms with Crippen LogP contribution >= 0.6 is 0 Å². The fourth-order valence-electron chi connectivity index (χ4n) is 3.56. The lowest BCUT2D eigenvalue weighted by molar-refractivity contribution is 0.108. The first-order valence-electron chi connectivity index (χ1n) is 8.26. The highest BCUT2D eigenvalue weighted by Crippen LogP contribution is 2.20. The SMILES string of the molecule is CC1CC(C)CN(CCNS(=O)(=O)CCC2CCCO2)C1. The Labute approximate surface area is 129 Å². The first-order chi connectivity index (χ1) is 9.94. The number of likely N-dealkylation sites (tertiary alicyclic amines) is 1. The summed E-state index contributed by atoms with van der Waals surface area (Å²) in [7, 11) is -3.15. The molecule has 2 aliphatic heterocycles. The Hall–Kier alpha value is -0.170. The summed E-state index contributed by atoms with van der Waals surface area (Å²) < 4.78 is 32.2. The molecule has 0 spiro atoms. The van der Waals surface area contributed by atoms with Gasteiger partial charge in [0.1, 0.15) is 0 Å². The Morgan fingerprint density at radius 1 is 1.24 bits per heavy atom. The fraction of sp³-hybridized carbons (Fsp3) is 1.00. The maximum absolute atomic E-state index is 12.0. The summed E-state index contributed by atoms with van der Waals surface area (Å²) in [5, 5.41) is 0. The minimum atomic E-state index is -3.15. The van der Waals surface area contributed by atoms with Crippen LogP contribution in [0.25, 0.3) is 0 Å². The largest absolute Gasteiger partial charge is 0.378 e. The average molecular weight is 318 g/mol. The summed E-state index contributed by atoms with van der Waals surface area (Å²) in [6, 6.07) is 0. The van der Waals surface area contributed by atoms with Crippen molar-refractivity contribution >= 4 is 10.0 Å². The van der Waals surface area contributed by atoms with Crippen molar-refractivity contribution in [3.63, 3.8) is 0 Å². The second-order valence-electron chi connectivity index (χ2n) is 6.84. The molecule has 2 fully saturated rings. The van der Waals surface area contributed by atoms with Gasteiger partial charge in [0.15, 0.2) is 0 Å². The van der Waals surface area contributed by atoms with Crippen LogP contribution in [0.1, 0.15) is 39.5 Å². The van der Waals surface area contributed by atoms with E-state index in [0.29, 0.717) is 24.8 Å². The molecular weight excluding hydrogens is 288 g/mol. The molecule has 0 amide bonds. The Kier molecular flexibility index (Phi) is 6.47. The number of nitrogens with zero attached hydrogens (tertiary/aromatic N) is 1. The van der Waals surface area contributed by atoms with E-state index in [-0.39, 0.29) is 11.9 Å². The van der Waals surface area contributed by atoms with Crippen LogP contribution < -0.4 is 4.72 Å². The van der Waals surface area contributed by atoms with Crippen molar-refractivity contribution in [3.8, 4) is 0 Å². The minimum Gasteiger partial charge on any atom is -0.378 e. The number of ether oxygens (including phenoxy) is 1. The monoisotopic (exact) mass is 318 g/mol. The van der Waals surface area contributed by atoms with E-state index < -0.39 is 10.0 Å². The van der Waals surface area contributed by atoms with Crippen LogP contribution in [0.5, 0.6) is 0 Å². The van der Waals surface area contributed by atoms with Gasteiger partial charge >= 0.3 is 0 Å². The van der Waals surface area contributed by atoms with E-state index in [1.807, 2.05) is 0 Å². The van der Waals surface area contributed by atoms with Gasteiger partial charge in [0.05, 0.1) is 11.9 Å². The molecule has 0 aromatic heterocycles. The average Bonchev–Trinajstić information content (AvgIpc) is 2.88. The van der Waals surface area contributed by atoms with E-state index in [1.54, 1.807) is 0 Å². The lowest BCUT2D eigenvalue weighted by Gasteiger charge is -2.34. The normalized spacial score (nSPS) is 31.6. The summed E-state index contributed by atoms with van der Waals surface area (Å²) in [5.41, 5.74) is 0. The van der Waals surface area contributed by atoms with E-state index in [1.165, 1.54) is 6.42 Å². The number of nitrogens with one attached hydrogen (secondary N) is 1. The topological polar surface area (TPSA) is 58.6 Å². The number of hydrogen-bond donors (Lipinski definition) is 1. The van der Waals surface area contributed by atoms with Gasteiger partial charge in [0.2, 0.25) is 10.0 Å². The van der Waals surface area contributed by atoms with Crippen LogP contribution in [0.2, 0.25) is 0 Å². The van der Waals surface area contributed by atoms with E-state index in [2.05, 4.69) is 23.5 Å². The van der Waals surface area contributed by atoms with Gasteiger partial charge in [-0.05, 0) is 37.5 Å². The molecule has 124 valence electrons. The number of rotatable bonds is 7. The zero-order chi connectivity index (χ0) is 15.3. The summed E-state index contributed by atoms with van der Waals surface area (Å²) >= 11 is 0. The molecule has 5 nitrogen and oxygen atoms in total.